The molecule has 1 aliphatic rings. The standard InChI is InChI=1S/C11H17N3O12S2/c1-4-2-14(11(17)13-9(4)16)10-6(12)7(15)8(26-28(21,22)23)5(25-10)3-24-27(18,19)20/h2,5-8,10,15H,3,12H2,1H3,(H,13,16,17)(H,18,19,20)(H,21,22,23)/t5-,6-,7-,8-,10-/m1/s1. The second-order valence-electron chi connectivity index (χ2n) is 5.81. The van der Waals surface area contributed by atoms with Crippen molar-refractivity contribution in [3.63, 3.8) is 0 Å². The molecule has 1 aromatic heterocycles. The van der Waals surface area contributed by atoms with E-state index in [4.69, 9.17) is 19.6 Å². The SMILES string of the molecule is Cc1cn([C@@H]2O[C@H](COS(=O)(=O)O)[C@@H](OS(=O)(=O)O)[C@H](O)[C@H]2N)c(=O)[nH]c1=O. The van der Waals surface area contributed by atoms with Crippen molar-refractivity contribution >= 4 is 20.8 Å². The molecule has 2 rings (SSSR count). The van der Waals surface area contributed by atoms with E-state index in [1.54, 1.807) is 0 Å². The van der Waals surface area contributed by atoms with Gasteiger partial charge in [0.1, 0.15) is 18.3 Å². The first-order valence-electron chi connectivity index (χ1n) is 7.38. The number of aliphatic hydroxyl groups is 1. The van der Waals surface area contributed by atoms with Crippen molar-refractivity contribution in [2.24, 2.45) is 5.73 Å². The van der Waals surface area contributed by atoms with Crippen LogP contribution in [0.15, 0.2) is 15.8 Å². The van der Waals surface area contributed by atoms with Crippen LogP contribution in [0.5, 0.6) is 0 Å². The van der Waals surface area contributed by atoms with Crippen LogP contribution >= 0.6 is 0 Å². The Morgan fingerprint density at radius 2 is 1.86 bits per heavy atom. The molecular weight excluding hydrogens is 430 g/mol. The summed E-state index contributed by atoms with van der Waals surface area (Å²) >= 11 is 0. The quantitative estimate of drug-likeness (QED) is 0.266. The first-order valence-corrected chi connectivity index (χ1v) is 10.1. The normalized spacial score (nSPS) is 29.0. The maximum absolute atomic E-state index is 12.0. The minimum atomic E-state index is -5.15. The Balaban J connectivity index is 2.45. The summed E-state index contributed by atoms with van der Waals surface area (Å²) in [6.45, 7) is 0.277. The lowest BCUT2D eigenvalue weighted by molar-refractivity contribution is -0.202. The Morgan fingerprint density at radius 3 is 2.39 bits per heavy atom. The Kier molecular flexibility index (Phi) is 6.43. The first-order chi connectivity index (χ1) is 12.7. The molecule has 160 valence electrons. The molecule has 0 saturated carbocycles. The molecule has 0 aliphatic carbocycles. The molecule has 0 aromatic carbocycles. The number of hydrogen-bond acceptors (Lipinski definition) is 11. The molecule has 6 N–H and O–H groups in total. The van der Waals surface area contributed by atoms with Crippen LogP contribution in [0.2, 0.25) is 0 Å². The van der Waals surface area contributed by atoms with E-state index in [2.05, 4.69) is 8.37 Å². The topological polar surface area (TPSA) is 238 Å². The van der Waals surface area contributed by atoms with Crippen molar-refractivity contribution in [1.29, 1.82) is 0 Å². The maximum atomic E-state index is 12.0. The van der Waals surface area contributed by atoms with Crippen LogP contribution in [0.1, 0.15) is 11.8 Å². The van der Waals surface area contributed by atoms with E-state index in [-0.39, 0.29) is 5.56 Å². The van der Waals surface area contributed by atoms with Gasteiger partial charge in [-0.2, -0.15) is 16.8 Å². The highest BCUT2D eigenvalue weighted by Gasteiger charge is 2.47. The van der Waals surface area contributed by atoms with Crippen LogP contribution in [0.4, 0.5) is 0 Å². The summed E-state index contributed by atoms with van der Waals surface area (Å²) in [6, 6.07) is -1.53. The average molecular weight is 447 g/mol. The zero-order valence-electron chi connectivity index (χ0n) is 14.0. The minimum absolute atomic E-state index is 0.0620. The summed E-state index contributed by atoms with van der Waals surface area (Å²) in [6.07, 6.45) is -6.11. The van der Waals surface area contributed by atoms with Gasteiger partial charge in [-0.05, 0) is 6.92 Å². The second-order valence-corrected chi connectivity index (χ2v) is 7.95. The highest BCUT2D eigenvalue weighted by Crippen LogP contribution is 2.29. The fourth-order valence-corrected chi connectivity index (χ4v) is 3.35. The molecular formula is C11H17N3O12S2. The number of aryl methyl sites for hydroxylation is 1. The van der Waals surface area contributed by atoms with Crippen molar-refractivity contribution in [3.05, 3.63) is 32.6 Å². The van der Waals surface area contributed by atoms with Crippen LogP contribution in [0.25, 0.3) is 0 Å². The van der Waals surface area contributed by atoms with Crippen molar-refractivity contribution in [1.82, 2.24) is 9.55 Å². The molecule has 15 nitrogen and oxygen atoms in total. The smallest absolute Gasteiger partial charge is 0.388 e. The van der Waals surface area contributed by atoms with E-state index in [0.717, 1.165) is 10.8 Å². The molecule has 0 unspecified atom stereocenters. The number of aromatic amines is 1. The van der Waals surface area contributed by atoms with Crippen molar-refractivity contribution < 1.29 is 44.2 Å². The van der Waals surface area contributed by atoms with E-state index in [1.165, 1.54) is 6.92 Å². The zero-order chi connectivity index (χ0) is 21.4. The van der Waals surface area contributed by atoms with Crippen LogP contribution in [-0.4, -0.2) is 71.6 Å². The fraction of sp³-hybridized carbons (Fsp3) is 0.636. The van der Waals surface area contributed by atoms with Gasteiger partial charge in [0, 0.05) is 11.8 Å². The number of nitrogens with one attached hydrogen (secondary N) is 1. The lowest BCUT2D eigenvalue weighted by Crippen LogP contribution is -2.62. The van der Waals surface area contributed by atoms with E-state index >= 15 is 0 Å². The van der Waals surface area contributed by atoms with E-state index < -0.39 is 69.2 Å². The van der Waals surface area contributed by atoms with Crippen LogP contribution in [0.3, 0.4) is 0 Å². The maximum Gasteiger partial charge on any atom is 0.397 e. The molecule has 0 radical (unpaired) electrons. The van der Waals surface area contributed by atoms with Crippen LogP contribution in [-0.2, 0) is 33.9 Å². The zero-order valence-corrected chi connectivity index (χ0v) is 15.7. The fourth-order valence-electron chi connectivity index (χ4n) is 2.53. The molecule has 2 heterocycles. The van der Waals surface area contributed by atoms with Crippen molar-refractivity contribution in [2.75, 3.05) is 6.61 Å². The number of hydrogen-bond donors (Lipinski definition) is 5. The van der Waals surface area contributed by atoms with E-state index in [0.29, 0.717) is 0 Å². The van der Waals surface area contributed by atoms with Gasteiger partial charge in [-0.15, -0.1) is 0 Å². The number of ether oxygens (including phenoxy) is 1. The lowest BCUT2D eigenvalue weighted by Gasteiger charge is -2.42. The molecule has 28 heavy (non-hydrogen) atoms. The molecule has 17 heteroatoms. The predicted octanol–water partition coefficient (Wildman–Crippen LogP) is -3.56. The molecule has 1 aromatic rings. The third-order valence-corrected chi connectivity index (χ3v) is 4.67. The van der Waals surface area contributed by atoms with Gasteiger partial charge < -0.3 is 15.6 Å². The number of aliphatic hydroxyl groups excluding tert-OH is 1. The van der Waals surface area contributed by atoms with Gasteiger partial charge in [0.2, 0.25) is 0 Å². The van der Waals surface area contributed by atoms with Gasteiger partial charge in [0.25, 0.3) is 5.56 Å². The van der Waals surface area contributed by atoms with Crippen molar-refractivity contribution in [3.8, 4) is 0 Å². The number of H-pyrrole nitrogens is 1. The number of nitrogens with zero attached hydrogens (tertiary/aromatic N) is 1. The highest BCUT2D eigenvalue weighted by atomic mass is 32.3. The minimum Gasteiger partial charge on any atom is -0.388 e. The lowest BCUT2D eigenvalue weighted by atomic mass is 9.96. The van der Waals surface area contributed by atoms with Crippen LogP contribution < -0.4 is 17.0 Å². The monoisotopic (exact) mass is 447 g/mol. The third-order valence-electron chi connectivity index (χ3n) is 3.77. The Hall–Kier alpha value is -1.70. The molecule has 1 saturated heterocycles. The third kappa shape index (κ3) is 5.43. The van der Waals surface area contributed by atoms with Gasteiger partial charge in [-0.3, -0.25) is 23.5 Å². The van der Waals surface area contributed by atoms with Crippen molar-refractivity contribution in [2.45, 2.75) is 37.5 Å². The molecule has 0 spiro atoms. The Labute approximate surface area is 157 Å². The molecule has 0 bridgehead atoms. The largest absolute Gasteiger partial charge is 0.397 e. The summed E-state index contributed by atoms with van der Waals surface area (Å²) in [5, 5.41) is 10.3. The van der Waals surface area contributed by atoms with E-state index in [1.807, 2.05) is 4.98 Å². The van der Waals surface area contributed by atoms with Gasteiger partial charge in [-0.1, -0.05) is 0 Å². The second kappa shape index (κ2) is 7.97. The summed E-state index contributed by atoms with van der Waals surface area (Å²) in [5.74, 6) is 0. The molecule has 1 fully saturated rings. The summed E-state index contributed by atoms with van der Waals surface area (Å²) in [5.41, 5.74) is 4.14. The average Bonchev–Trinajstić information content (AvgIpc) is 2.53. The summed E-state index contributed by atoms with van der Waals surface area (Å²) in [4.78, 5) is 25.5. The Bertz CT molecular complexity index is 1050. The van der Waals surface area contributed by atoms with Gasteiger partial charge >= 0.3 is 26.5 Å². The summed E-state index contributed by atoms with van der Waals surface area (Å²) in [7, 11) is -10.1. The van der Waals surface area contributed by atoms with Gasteiger partial charge in [-0.25, -0.2) is 13.2 Å². The van der Waals surface area contributed by atoms with E-state index in [9.17, 15) is 31.5 Å². The number of nitrogens with two attached hydrogens (primary N) is 1. The number of aromatic nitrogens is 2. The highest BCUT2D eigenvalue weighted by molar-refractivity contribution is 7.81. The Morgan fingerprint density at radius 1 is 1.25 bits per heavy atom. The first kappa shape index (κ1) is 22.6. The summed E-state index contributed by atoms with van der Waals surface area (Å²) < 4.78 is 75.6. The van der Waals surface area contributed by atoms with Crippen LogP contribution in [0, 0.1) is 6.92 Å². The predicted molar refractivity (Wildman–Crippen MR) is 87.9 cm³/mol. The number of rotatable bonds is 6. The molecule has 1 aliphatic heterocycles. The van der Waals surface area contributed by atoms with Gasteiger partial charge in [0.05, 0.1) is 12.6 Å². The molecule has 0 amide bonds. The van der Waals surface area contributed by atoms with Gasteiger partial charge in [0.15, 0.2) is 6.23 Å². The molecule has 5 atom stereocenters.